The molecular weight excluding hydrogens is 446 g/mol. The van der Waals surface area contributed by atoms with Crippen molar-refractivity contribution < 1.29 is 9.59 Å². The summed E-state index contributed by atoms with van der Waals surface area (Å²) in [6.07, 6.45) is 5.41. The Morgan fingerprint density at radius 2 is 2.12 bits per heavy atom. The van der Waals surface area contributed by atoms with E-state index in [1.807, 2.05) is 24.3 Å². The number of carbonyl (C=O) groups is 2. The molecule has 0 aliphatic carbocycles. The molecule has 34 heavy (non-hydrogen) atoms. The second kappa shape index (κ2) is 8.93. The Balaban J connectivity index is 1.60. The van der Waals surface area contributed by atoms with Crippen molar-refractivity contribution in [3.05, 3.63) is 64.2 Å². The Morgan fingerprint density at radius 1 is 1.26 bits per heavy atom. The van der Waals surface area contributed by atoms with Gasteiger partial charge in [-0.05, 0) is 78.6 Å². The Hall–Kier alpha value is -3.67. The van der Waals surface area contributed by atoms with Crippen LogP contribution in [0.1, 0.15) is 29.5 Å². The van der Waals surface area contributed by atoms with Crippen LogP contribution in [-0.4, -0.2) is 35.3 Å². The first-order valence-corrected chi connectivity index (χ1v) is 11.9. The standard InChI is InChI=1S/C26H23N5O2S/c1-15-9-17(5-7-22(15)31-8-2-3-19(28)14-31)24-18(12-27)13-29-21-6-4-16(10-20(21)24)11-23-25(32)30-26(33)34-23/h4-7,9-11,13,19H,2-3,8,14,28H2,1H3,(H,30,32,33)/t19-/m1/s1. The lowest BCUT2D eigenvalue weighted by atomic mass is 9.94. The summed E-state index contributed by atoms with van der Waals surface area (Å²) in [6.45, 7) is 3.91. The van der Waals surface area contributed by atoms with Crippen molar-refractivity contribution in [2.24, 2.45) is 5.73 Å². The lowest BCUT2D eigenvalue weighted by Crippen LogP contribution is -2.43. The molecule has 3 aromatic rings. The van der Waals surface area contributed by atoms with E-state index in [1.165, 1.54) is 0 Å². The van der Waals surface area contributed by atoms with Gasteiger partial charge in [-0.15, -0.1) is 0 Å². The molecule has 170 valence electrons. The van der Waals surface area contributed by atoms with Gasteiger partial charge >= 0.3 is 0 Å². The molecule has 0 spiro atoms. The van der Waals surface area contributed by atoms with E-state index in [2.05, 4.69) is 40.3 Å². The minimum atomic E-state index is -0.400. The van der Waals surface area contributed by atoms with E-state index in [0.29, 0.717) is 10.5 Å². The summed E-state index contributed by atoms with van der Waals surface area (Å²) in [4.78, 5) is 30.6. The van der Waals surface area contributed by atoms with Crippen LogP contribution in [0.5, 0.6) is 0 Å². The zero-order chi connectivity index (χ0) is 23.8. The number of piperidine rings is 1. The first-order valence-electron chi connectivity index (χ1n) is 11.1. The maximum Gasteiger partial charge on any atom is 0.290 e. The molecule has 2 aliphatic heterocycles. The number of fused-ring (bicyclic) bond motifs is 1. The Kier molecular flexibility index (Phi) is 5.82. The molecule has 2 amide bonds. The van der Waals surface area contributed by atoms with Crippen LogP contribution < -0.4 is 16.0 Å². The van der Waals surface area contributed by atoms with Crippen molar-refractivity contribution in [2.75, 3.05) is 18.0 Å². The average molecular weight is 470 g/mol. The van der Waals surface area contributed by atoms with Gasteiger partial charge in [0.2, 0.25) is 0 Å². The number of pyridine rings is 1. The number of anilines is 1. The normalized spacial score (nSPS) is 19.5. The van der Waals surface area contributed by atoms with Gasteiger partial charge in [0.05, 0.1) is 16.0 Å². The summed E-state index contributed by atoms with van der Waals surface area (Å²) >= 11 is 0.879. The zero-order valence-corrected chi connectivity index (χ0v) is 19.5. The molecule has 0 unspecified atom stereocenters. The largest absolute Gasteiger partial charge is 0.370 e. The van der Waals surface area contributed by atoms with E-state index < -0.39 is 5.91 Å². The molecule has 7 nitrogen and oxygen atoms in total. The fourth-order valence-corrected chi connectivity index (χ4v) is 5.34. The van der Waals surface area contributed by atoms with Crippen molar-refractivity contribution >= 4 is 45.6 Å². The summed E-state index contributed by atoms with van der Waals surface area (Å²) in [7, 11) is 0. The number of aryl methyl sites for hydroxylation is 1. The van der Waals surface area contributed by atoms with Crippen LogP contribution in [0, 0.1) is 18.3 Å². The van der Waals surface area contributed by atoms with E-state index >= 15 is 0 Å². The average Bonchev–Trinajstić information content (AvgIpc) is 3.14. The third-order valence-electron chi connectivity index (χ3n) is 6.24. The minimum Gasteiger partial charge on any atom is -0.370 e. The van der Waals surface area contributed by atoms with E-state index in [0.717, 1.165) is 76.5 Å². The number of nitrogens with zero attached hydrogens (tertiary/aromatic N) is 3. The van der Waals surface area contributed by atoms with Crippen LogP contribution in [0.4, 0.5) is 10.5 Å². The molecule has 2 fully saturated rings. The monoisotopic (exact) mass is 469 g/mol. The predicted octanol–water partition coefficient (Wildman–Crippen LogP) is 4.33. The molecule has 0 bridgehead atoms. The third-order valence-corrected chi connectivity index (χ3v) is 7.05. The maximum atomic E-state index is 12.0. The molecule has 0 radical (unpaired) electrons. The highest BCUT2D eigenvalue weighted by Crippen LogP contribution is 2.35. The van der Waals surface area contributed by atoms with Crippen molar-refractivity contribution in [2.45, 2.75) is 25.8 Å². The number of hydrogen-bond donors (Lipinski definition) is 2. The van der Waals surface area contributed by atoms with Gasteiger partial charge in [-0.2, -0.15) is 5.26 Å². The number of rotatable bonds is 3. The minimum absolute atomic E-state index is 0.185. The SMILES string of the molecule is Cc1cc(-c2c(C#N)cnc3ccc(C=C4SC(=O)NC4=O)cc23)ccc1N1CCC[C@@H](N)C1. The number of nitriles is 1. The second-order valence-electron chi connectivity index (χ2n) is 8.64. The van der Waals surface area contributed by atoms with E-state index in [-0.39, 0.29) is 11.3 Å². The number of benzene rings is 2. The molecule has 0 saturated carbocycles. The van der Waals surface area contributed by atoms with Crippen LogP contribution >= 0.6 is 11.8 Å². The lowest BCUT2D eigenvalue weighted by Gasteiger charge is -2.33. The predicted molar refractivity (Wildman–Crippen MR) is 135 cm³/mol. The first-order chi connectivity index (χ1) is 16.4. The van der Waals surface area contributed by atoms with E-state index in [9.17, 15) is 14.9 Å². The van der Waals surface area contributed by atoms with Crippen LogP contribution in [-0.2, 0) is 4.79 Å². The number of amides is 2. The van der Waals surface area contributed by atoms with Gasteiger partial charge in [0.25, 0.3) is 11.1 Å². The van der Waals surface area contributed by atoms with Gasteiger partial charge in [0.1, 0.15) is 6.07 Å². The Bertz CT molecular complexity index is 1410. The highest BCUT2D eigenvalue weighted by Gasteiger charge is 2.25. The summed E-state index contributed by atoms with van der Waals surface area (Å²) in [5.41, 5.74) is 12.2. The molecule has 5 rings (SSSR count). The highest BCUT2D eigenvalue weighted by molar-refractivity contribution is 8.18. The summed E-state index contributed by atoms with van der Waals surface area (Å²) in [5.74, 6) is -0.400. The molecule has 2 aromatic carbocycles. The second-order valence-corrected chi connectivity index (χ2v) is 9.65. The third kappa shape index (κ3) is 4.16. The maximum absolute atomic E-state index is 12.0. The van der Waals surface area contributed by atoms with E-state index in [4.69, 9.17) is 5.73 Å². The van der Waals surface area contributed by atoms with Crippen molar-refractivity contribution in [1.29, 1.82) is 5.26 Å². The number of thioether (sulfide) groups is 1. The molecular formula is C26H23N5O2S. The molecule has 3 N–H and O–H groups in total. The summed E-state index contributed by atoms with van der Waals surface area (Å²) in [6, 6.07) is 14.3. The molecule has 2 aliphatic rings. The van der Waals surface area contributed by atoms with Crippen molar-refractivity contribution in [3.63, 3.8) is 0 Å². The lowest BCUT2D eigenvalue weighted by molar-refractivity contribution is -0.115. The zero-order valence-electron chi connectivity index (χ0n) is 18.7. The van der Waals surface area contributed by atoms with Crippen LogP contribution in [0.2, 0.25) is 0 Å². The smallest absolute Gasteiger partial charge is 0.290 e. The van der Waals surface area contributed by atoms with Crippen LogP contribution in [0.3, 0.4) is 0 Å². The van der Waals surface area contributed by atoms with Crippen molar-refractivity contribution in [1.82, 2.24) is 10.3 Å². The number of nitrogens with two attached hydrogens (primary N) is 1. The molecule has 1 aromatic heterocycles. The summed E-state index contributed by atoms with van der Waals surface area (Å²) in [5, 5.41) is 12.5. The van der Waals surface area contributed by atoms with Gasteiger partial charge in [-0.3, -0.25) is 19.9 Å². The first kappa shape index (κ1) is 22.1. The van der Waals surface area contributed by atoms with Gasteiger partial charge < -0.3 is 10.6 Å². The molecule has 8 heteroatoms. The van der Waals surface area contributed by atoms with Gasteiger partial charge in [-0.25, -0.2) is 0 Å². The number of nitrogens with one attached hydrogen (secondary N) is 1. The van der Waals surface area contributed by atoms with Gasteiger partial charge in [0, 0.05) is 42.0 Å². The number of aromatic nitrogens is 1. The highest BCUT2D eigenvalue weighted by atomic mass is 32.2. The Morgan fingerprint density at radius 3 is 2.82 bits per heavy atom. The van der Waals surface area contributed by atoms with Crippen LogP contribution in [0.15, 0.2) is 47.5 Å². The quantitative estimate of drug-likeness (QED) is 0.549. The Labute approximate surface area is 201 Å². The van der Waals surface area contributed by atoms with E-state index in [1.54, 1.807) is 12.3 Å². The number of hydrogen-bond acceptors (Lipinski definition) is 7. The molecule has 2 saturated heterocycles. The fourth-order valence-electron chi connectivity index (χ4n) is 4.66. The van der Waals surface area contributed by atoms with Crippen LogP contribution in [0.25, 0.3) is 28.1 Å². The number of imide groups is 1. The van der Waals surface area contributed by atoms with Gasteiger partial charge in [0.15, 0.2) is 0 Å². The fraction of sp³-hybridized carbons (Fsp3) is 0.231. The molecule has 1 atom stereocenters. The number of carbonyl (C=O) groups excluding carboxylic acids is 2. The topological polar surface area (TPSA) is 112 Å². The molecule has 3 heterocycles. The summed E-state index contributed by atoms with van der Waals surface area (Å²) < 4.78 is 0. The van der Waals surface area contributed by atoms with Gasteiger partial charge in [-0.1, -0.05) is 12.1 Å². The van der Waals surface area contributed by atoms with Crippen molar-refractivity contribution in [3.8, 4) is 17.2 Å².